The Morgan fingerprint density at radius 2 is 1.89 bits per heavy atom. The summed E-state index contributed by atoms with van der Waals surface area (Å²) in [6, 6.07) is 0.861. The molecular formula is C15H25N2O2+. The highest BCUT2D eigenvalue weighted by atomic mass is 16.5. The smallest absolute Gasteiger partial charge is 0.222 e. The van der Waals surface area contributed by atoms with Gasteiger partial charge in [0, 0.05) is 43.7 Å². The summed E-state index contributed by atoms with van der Waals surface area (Å²) in [7, 11) is 0. The molecule has 0 aromatic carbocycles. The number of carbonyl (C=O) groups excluding carboxylic acids is 1. The molecule has 0 saturated carbocycles. The summed E-state index contributed by atoms with van der Waals surface area (Å²) in [4.78, 5) is 14.4. The number of hydrogen-bond acceptors (Lipinski definition) is 2. The van der Waals surface area contributed by atoms with E-state index in [4.69, 9.17) is 0 Å². The van der Waals surface area contributed by atoms with E-state index in [0.717, 1.165) is 45.3 Å². The number of hydroxylamine groups is 3. The van der Waals surface area contributed by atoms with Gasteiger partial charge in [0.25, 0.3) is 0 Å². The minimum absolute atomic E-state index is 0.327. The first-order chi connectivity index (χ1) is 9.19. The van der Waals surface area contributed by atoms with Gasteiger partial charge < -0.3 is 4.90 Å². The van der Waals surface area contributed by atoms with Crippen molar-refractivity contribution >= 4 is 5.91 Å². The molecule has 0 aromatic heterocycles. The first kappa shape index (κ1) is 12.2. The van der Waals surface area contributed by atoms with Crippen molar-refractivity contribution in [3.8, 4) is 0 Å². The fraction of sp³-hybridized carbons (Fsp3) is 0.933. The second kappa shape index (κ2) is 4.19. The minimum Gasteiger partial charge on any atom is -0.339 e. The predicted octanol–water partition coefficient (Wildman–Crippen LogP) is 1.78. The van der Waals surface area contributed by atoms with Crippen LogP contribution in [0.3, 0.4) is 0 Å². The molecule has 4 fully saturated rings. The highest BCUT2D eigenvalue weighted by Crippen LogP contribution is 2.47. The molecule has 5 unspecified atom stereocenters. The van der Waals surface area contributed by atoms with E-state index in [9.17, 15) is 10.0 Å². The van der Waals surface area contributed by atoms with Gasteiger partial charge in [0.1, 0.15) is 19.1 Å². The lowest BCUT2D eigenvalue weighted by Crippen LogP contribution is -2.72. The molecule has 4 heteroatoms. The normalized spacial score (nSPS) is 49.5. The highest BCUT2D eigenvalue weighted by molar-refractivity contribution is 5.77. The third-order valence-corrected chi connectivity index (χ3v) is 6.22. The van der Waals surface area contributed by atoms with Gasteiger partial charge in [-0.3, -0.25) is 4.79 Å². The molecule has 4 saturated heterocycles. The van der Waals surface area contributed by atoms with Gasteiger partial charge in [-0.05, 0) is 25.7 Å². The lowest BCUT2D eigenvalue weighted by atomic mass is 9.67. The molecule has 1 amide bonds. The van der Waals surface area contributed by atoms with Crippen molar-refractivity contribution in [3.63, 3.8) is 0 Å². The maximum absolute atomic E-state index is 12.2. The summed E-state index contributed by atoms with van der Waals surface area (Å²) < 4.78 is 0.327. The van der Waals surface area contributed by atoms with Crippen molar-refractivity contribution in [1.82, 2.24) is 4.90 Å². The number of quaternary nitrogens is 1. The van der Waals surface area contributed by atoms with E-state index >= 15 is 0 Å². The van der Waals surface area contributed by atoms with Crippen molar-refractivity contribution in [2.45, 2.75) is 57.0 Å². The standard InChI is InChI=1S/C15H25N2O2/c18-14-7-1-6-13-12-5-3-9-17(19)8-2-4-11(15(12)17)10-16(13)14/h11-13,15,19H,1-10H2/q+1. The Kier molecular flexibility index (Phi) is 2.68. The molecule has 5 atom stereocenters. The molecule has 1 N–H and O–H groups in total. The second-order valence-corrected chi connectivity index (χ2v) is 7.14. The predicted molar refractivity (Wildman–Crippen MR) is 70.4 cm³/mol. The first-order valence-corrected chi connectivity index (χ1v) is 8.08. The van der Waals surface area contributed by atoms with Crippen LogP contribution in [-0.4, -0.2) is 52.4 Å². The minimum atomic E-state index is 0.327. The Morgan fingerprint density at radius 3 is 2.74 bits per heavy atom. The fourth-order valence-electron chi connectivity index (χ4n) is 5.58. The Hall–Kier alpha value is -0.610. The molecule has 106 valence electrons. The number of piperidine rings is 4. The van der Waals surface area contributed by atoms with Crippen molar-refractivity contribution in [2.24, 2.45) is 11.8 Å². The lowest BCUT2D eigenvalue weighted by molar-refractivity contribution is -1.13. The largest absolute Gasteiger partial charge is 0.339 e. The van der Waals surface area contributed by atoms with Crippen molar-refractivity contribution in [1.29, 1.82) is 0 Å². The topological polar surface area (TPSA) is 40.5 Å². The van der Waals surface area contributed by atoms with Crippen LogP contribution in [0, 0.1) is 11.8 Å². The van der Waals surface area contributed by atoms with Gasteiger partial charge in [0.15, 0.2) is 0 Å². The van der Waals surface area contributed by atoms with Crippen LogP contribution in [0.15, 0.2) is 0 Å². The molecular weight excluding hydrogens is 240 g/mol. The third-order valence-electron chi connectivity index (χ3n) is 6.22. The number of rotatable bonds is 0. The van der Waals surface area contributed by atoms with Gasteiger partial charge >= 0.3 is 0 Å². The molecule has 4 aliphatic rings. The van der Waals surface area contributed by atoms with Crippen LogP contribution >= 0.6 is 0 Å². The SMILES string of the molecule is O=C1CCCC2C3CCC[N+]4(O)CCCC(CN12)C34. The van der Waals surface area contributed by atoms with Gasteiger partial charge in [-0.15, -0.1) is 0 Å². The average molecular weight is 265 g/mol. The molecule has 4 rings (SSSR count). The van der Waals surface area contributed by atoms with Gasteiger partial charge in [-0.1, -0.05) is 0 Å². The monoisotopic (exact) mass is 265 g/mol. The zero-order valence-electron chi connectivity index (χ0n) is 11.6. The Bertz CT molecular complexity index is 396. The van der Waals surface area contributed by atoms with E-state index in [1.54, 1.807) is 0 Å². The number of amides is 1. The quantitative estimate of drug-likeness (QED) is 0.678. The van der Waals surface area contributed by atoms with Crippen molar-refractivity contribution < 1.29 is 14.6 Å². The maximum Gasteiger partial charge on any atom is 0.222 e. The average Bonchev–Trinajstić information content (AvgIpc) is 2.40. The molecule has 0 radical (unpaired) electrons. The number of nitrogens with zero attached hydrogens (tertiary/aromatic N) is 2. The number of carbonyl (C=O) groups is 1. The molecule has 0 aliphatic carbocycles. The van der Waals surface area contributed by atoms with Crippen LogP contribution in [0.1, 0.15) is 44.9 Å². The Labute approximate surface area is 114 Å². The Balaban J connectivity index is 1.69. The first-order valence-electron chi connectivity index (χ1n) is 8.08. The van der Waals surface area contributed by atoms with E-state index < -0.39 is 0 Å². The summed E-state index contributed by atoms with van der Waals surface area (Å²) in [5.74, 6) is 1.48. The summed E-state index contributed by atoms with van der Waals surface area (Å²) in [6.45, 7) is 2.81. The molecule has 19 heavy (non-hydrogen) atoms. The molecule has 4 aliphatic heterocycles. The van der Waals surface area contributed by atoms with Gasteiger partial charge in [-0.2, -0.15) is 4.65 Å². The molecule has 0 aromatic rings. The van der Waals surface area contributed by atoms with E-state index in [1.165, 1.54) is 19.3 Å². The zero-order chi connectivity index (χ0) is 13.0. The van der Waals surface area contributed by atoms with Crippen molar-refractivity contribution in [2.75, 3.05) is 19.6 Å². The van der Waals surface area contributed by atoms with Crippen LogP contribution in [-0.2, 0) is 4.79 Å². The molecule has 0 bridgehead atoms. The maximum atomic E-state index is 12.2. The number of fused-ring (bicyclic) bond motifs is 2. The van der Waals surface area contributed by atoms with Crippen molar-refractivity contribution in [3.05, 3.63) is 0 Å². The second-order valence-electron chi connectivity index (χ2n) is 7.14. The fourth-order valence-corrected chi connectivity index (χ4v) is 5.58. The molecule has 0 spiro atoms. The molecule has 4 heterocycles. The van der Waals surface area contributed by atoms with E-state index in [2.05, 4.69) is 4.90 Å². The van der Waals surface area contributed by atoms with E-state index in [1.807, 2.05) is 0 Å². The Morgan fingerprint density at radius 1 is 1.11 bits per heavy atom. The van der Waals surface area contributed by atoms with Crippen LogP contribution in [0.4, 0.5) is 0 Å². The van der Waals surface area contributed by atoms with Gasteiger partial charge in [0.2, 0.25) is 5.91 Å². The van der Waals surface area contributed by atoms with Crippen LogP contribution < -0.4 is 0 Å². The van der Waals surface area contributed by atoms with Crippen LogP contribution in [0.25, 0.3) is 0 Å². The summed E-state index contributed by atoms with van der Waals surface area (Å²) in [5, 5.41) is 11.0. The van der Waals surface area contributed by atoms with Gasteiger partial charge in [-0.25, -0.2) is 5.21 Å². The van der Waals surface area contributed by atoms with E-state index in [0.29, 0.717) is 34.5 Å². The number of hydrogen-bond donors (Lipinski definition) is 1. The van der Waals surface area contributed by atoms with Gasteiger partial charge in [0.05, 0.1) is 0 Å². The van der Waals surface area contributed by atoms with E-state index in [-0.39, 0.29) is 0 Å². The molecule has 4 nitrogen and oxygen atoms in total. The summed E-state index contributed by atoms with van der Waals surface area (Å²) in [5.41, 5.74) is 0. The third kappa shape index (κ3) is 1.69. The lowest BCUT2D eigenvalue weighted by Gasteiger charge is -2.58. The summed E-state index contributed by atoms with van der Waals surface area (Å²) >= 11 is 0. The van der Waals surface area contributed by atoms with Crippen LogP contribution in [0.5, 0.6) is 0 Å². The summed E-state index contributed by atoms with van der Waals surface area (Å²) in [6.07, 6.45) is 7.65. The zero-order valence-corrected chi connectivity index (χ0v) is 11.6. The highest BCUT2D eigenvalue weighted by Gasteiger charge is 2.58. The van der Waals surface area contributed by atoms with Crippen LogP contribution in [0.2, 0.25) is 0 Å².